The van der Waals surface area contributed by atoms with E-state index in [1.54, 1.807) is 12.1 Å². The van der Waals surface area contributed by atoms with E-state index in [1.807, 2.05) is 37.3 Å². The number of aryl methyl sites for hydroxylation is 1. The Balaban J connectivity index is 2.45. The Labute approximate surface area is 89.0 Å². The number of hydrogen-bond acceptors (Lipinski definition) is 2. The number of nitrogen functional groups attached to an aromatic ring is 1. The van der Waals surface area contributed by atoms with Crippen molar-refractivity contribution in [2.24, 2.45) is 0 Å². The minimum absolute atomic E-state index is 0.132. The molecule has 2 rings (SSSR count). The summed E-state index contributed by atoms with van der Waals surface area (Å²) in [6.07, 6.45) is 0. The third-order valence-corrected chi connectivity index (χ3v) is 2.42. The zero-order valence-electron chi connectivity index (χ0n) is 8.57. The lowest BCUT2D eigenvalue weighted by molar-refractivity contribution is 0.478. The van der Waals surface area contributed by atoms with Crippen LogP contribution in [0.3, 0.4) is 0 Å². The number of phenols is 1. The van der Waals surface area contributed by atoms with E-state index in [4.69, 9.17) is 5.73 Å². The number of aromatic hydroxyl groups is 1. The highest BCUT2D eigenvalue weighted by Gasteiger charge is 2.01. The molecule has 3 N–H and O–H groups in total. The first-order chi connectivity index (χ1) is 7.16. The summed E-state index contributed by atoms with van der Waals surface area (Å²) >= 11 is 0. The van der Waals surface area contributed by atoms with Gasteiger partial charge in [-0.05, 0) is 30.2 Å². The molecular formula is C13H13NO. The molecule has 0 unspecified atom stereocenters. The van der Waals surface area contributed by atoms with Crippen LogP contribution in [0.4, 0.5) is 5.69 Å². The largest absolute Gasteiger partial charge is 0.506 e. The summed E-state index contributed by atoms with van der Waals surface area (Å²) in [4.78, 5) is 0. The average Bonchev–Trinajstić information content (AvgIpc) is 2.23. The lowest BCUT2D eigenvalue weighted by Crippen LogP contribution is -1.86. The van der Waals surface area contributed by atoms with Crippen LogP contribution in [0.5, 0.6) is 5.75 Å². The molecule has 0 bridgehead atoms. The molecule has 0 radical (unpaired) electrons. The van der Waals surface area contributed by atoms with Crippen LogP contribution in [-0.2, 0) is 0 Å². The summed E-state index contributed by atoms with van der Waals surface area (Å²) in [6.45, 7) is 2.05. The summed E-state index contributed by atoms with van der Waals surface area (Å²) in [7, 11) is 0. The zero-order chi connectivity index (χ0) is 10.8. The Morgan fingerprint density at radius 2 is 1.53 bits per heavy atom. The molecule has 0 spiro atoms. The van der Waals surface area contributed by atoms with Crippen LogP contribution in [-0.4, -0.2) is 5.11 Å². The summed E-state index contributed by atoms with van der Waals surface area (Å²) < 4.78 is 0. The van der Waals surface area contributed by atoms with Crippen molar-refractivity contribution in [3.05, 3.63) is 48.0 Å². The molecule has 2 aromatic carbocycles. The Bertz CT molecular complexity index is 474. The summed E-state index contributed by atoms with van der Waals surface area (Å²) in [6, 6.07) is 13.4. The van der Waals surface area contributed by atoms with Gasteiger partial charge in [-0.15, -0.1) is 0 Å². The maximum absolute atomic E-state index is 9.49. The van der Waals surface area contributed by atoms with E-state index in [2.05, 4.69) is 0 Å². The van der Waals surface area contributed by atoms with Crippen LogP contribution in [0.2, 0.25) is 0 Å². The molecule has 2 aromatic rings. The fourth-order valence-corrected chi connectivity index (χ4v) is 1.47. The number of rotatable bonds is 1. The van der Waals surface area contributed by atoms with Crippen molar-refractivity contribution < 1.29 is 5.11 Å². The molecule has 0 aliphatic heterocycles. The third kappa shape index (κ3) is 1.94. The second kappa shape index (κ2) is 3.65. The van der Waals surface area contributed by atoms with E-state index in [-0.39, 0.29) is 5.75 Å². The predicted octanol–water partition coefficient (Wildman–Crippen LogP) is 2.95. The average molecular weight is 199 g/mol. The highest BCUT2D eigenvalue weighted by Crippen LogP contribution is 2.27. The number of benzene rings is 2. The fraction of sp³-hybridized carbons (Fsp3) is 0.0769. The van der Waals surface area contributed by atoms with Gasteiger partial charge in [-0.3, -0.25) is 0 Å². The van der Waals surface area contributed by atoms with Gasteiger partial charge in [-0.25, -0.2) is 0 Å². The minimum Gasteiger partial charge on any atom is -0.506 e. The molecule has 0 amide bonds. The van der Waals surface area contributed by atoms with Gasteiger partial charge in [0.05, 0.1) is 5.69 Å². The topological polar surface area (TPSA) is 46.2 Å². The highest BCUT2D eigenvalue weighted by atomic mass is 16.3. The van der Waals surface area contributed by atoms with Gasteiger partial charge in [-0.1, -0.05) is 35.9 Å². The van der Waals surface area contributed by atoms with E-state index in [1.165, 1.54) is 5.56 Å². The highest BCUT2D eigenvalue weighted by molar-refractivity contribution is 5.69. The molecule has 0 aliphatic carbocycles. The molecule has 76 valence electrons. The fourth-order valence-electron chi connectivity index (χ4n) is 1.47. The van der Waals surface area contributed by atoms with Gasteiger partial charge in [0.2, 0.25) is 0 Å². The maximum atomic E-state index is 9.49. The van der Waals surface area contributed by atoms with Gasteiger partial charge in [0, 0.05) is 0 Å². The van der Waals surface area contributed by atoms with Gasteiger partial charge in [0.15, 0.2) is 0 Å². The van der Waals surface area contributed by atoms with Gasteiger partial charge < -0.3 is 10.8 Å². The lowest BCUT2D eigenvalue weighted by Gasteiger charge is -2.04. The van der Waals surface area contributed by atoms with Crippen molar-refractivity contribution in [1.29, 1.82) is 0 Å². The van der Waals surface area contributed by atoms with Gasteiger partial charge >= 0.3 is 0 Å². The molecule has 0 aromatic heterocycles. The van der Waals surface area contributed by atoms with E-state index in [0.717, 1.165) is 11.1 Å². The van der Waals surface area contributed by atoms with Crippen LogP contribution >= 0.6 is 0 Å². The second-order valence-corrected chi connectivity index (χ2v) is 3.64. The van der Waals surface area contributed by atoms with Gasteiger partial charge in [0.1, 0.15) is 5.75 Å². The van der Waals surface area contributed by atoms with Crippen molar-refractivity contribution in [1.82, 2.24) is 0 Å². The number of phenolic OH excluding ortho intramolecular Hbond substituents is 1. The van der Waals surface area contributed by atoms with Crippen molar-refractivity contribution in [2.45, 2.75) is 6.92 Å². The van der Waals surface area contributed by atoms with E-state index >= 15 is 0 Å². The van der Waals surface area contributed by atoms with Crippen LogP contribution in [0.25, 0.3) is 11.1 Å². The molecule has 0 aliphatic rings. The summed E-state index contributed by atoms with van der Waals surface area (Å²) in [5.74, 6) is 0.132. The van der Waals surface area contributed by atoms with Crippen molar-refractivity contribution >= 4 is 5.69 Å². The van der Waals surface area contributed by atoms with Crippen LogP contribution in [0.15, 0.2) is 42.5 Å². The van der Waals surface area contributed by atoms with Gasteiger partial charge in [-0.2, -0.15) is 0 Å². The Hall–Kier alpha value is -1.96. The SMILES string of the molecule is Cc1ccc(-c2ccc(N)c(O)c2)cc1. The first kappa shape index (κ1) is 9.59. The van der Waals surface area contributed by atoms with Crippen LogP contribution in [0.1, 0.15) is 5.56 Å². The smallest absolute Gasteiger partial charge is 0.139 e. The maximum Gasteiger partial charge on any atom is 0.139 e. The molecule has 2 heteroatoms. The molecular weight excluding hydrogens is 186 g/mol. The standard InChI is InChI=1S/C13H13NO/c1-9-2-4-10(5-3-9)11-6-7-12(14)13(15)8-11/h2-8,15H,14H2,1H3. The molecule has 0 fully saturated rings. The van der Waals surface area contributed by atoms with Crippen LogP contribution in [0, 0.1) is 6.92 Å². The number of hydrogen-bond donors (Lipinski definition) is 2. The molecule has 0 heterocycles. The predicted molar refractivity (Wildman–Crippen MR) is 62.7 cm³/mol. The second-order valence-electron chi connectivity index (χ2n) is 3.64. The Morgan fingerprint density at radius 1 is 0.933 bits per heavy atom. The van der Waals surface area contributed by atoms with Crippen LogP contribution < -0.4 is 5.73 Å². The molecule has 15 heavy (non-hydrogen) atoms. The Kier molecular flexibility index (Phi) is 2.34. The normalized spacial score (nSPS) is 10.2. The number of nitrogens with two attached hydrogens (primary N) is 1. The van der Waals surface area contributed by atoms with Crippen molar-refractivity contribution in [3.8, 4) is 16.9 Å². The Morgan fingerprint density at radius 3 is 2.13 bits per heavy atom. The quantitative estimate of drug-likeness (QED) is 0.548. The van der Waals surface area contributed by atoms with E-state index in [0.29, 0.717) is 5.69 Å². The van der Waals surface area contributed by atoms with E-state index < -0.39 is 0 Å². The monoisotopic (exact) mass is 199 g/mol. The zero-order valence-corrected chi connectivity index (χ0v) is 8.57. The number of anilines is 1. The van der Waals surface area contributed by atoms with Crippen molar-refractivity contribution in [2.75, 3.05) is 5.73 Å². The van der Waals surface area contributed by atoms with Gasteiger partial charge in [0.25, 0.3) is 0 Å². The first-order valence-corrected chi connectivity index (χ1v) is 4.82. The molecule has 0 saturated heterocycles. The minimum atomic E-state index is 0.132. The van der Waals surface area contributed by atoms with Crippen molar-refractivity contribution in [3.63, 3.8) is 0 Å². The first-order valence-electron chi connectivity index (χ1n) is 4.82. The van der Waals surface area contributed by atoms with E-state index in [9.17, 15) is 5.11 Å². The molecule has 0 saturated carbocycles. The third-order valence-electron chi connectivity index (χ3n) is 2.42. The summed E-state index contributed by atoms with van der Waals surface area (Å²) in [5, 5.41) is 9.49. The lowest BCUT2D eigenvalue weighted by atomic mass is 10.0. The molecule has 2 nitrogen and oxygen atoms in total. The summed E-state index contributed by atoms with van der Waals surface area (Å²) in [5.41, 5.74) is 9.22. The molecule has 0 atom stereocenters.